The fraction of sp³-hybridized carbons (Fsp3) is 0.529. The van der Waals surface area contributed by atoms with Crippen molar-refractivity contribution in [3.05, 3.63) is 35.9 Å². The van der Waals surface area contributed by atoms with Crippen molar-refractivity contribution >= 4 is 23.1 Å². The SMILES string of the molecule is CCC(CC)C(=O)N(CCC(N)=S)CCc1ccccc1. The van der Waals surface area contributed by atoms with Gasteiger partial charge in [0.1, 0.15) is 0 Å². The van der Waals surface area contributed by atoms with E-state index in [-0.39, 0.29) is 11.8 Å². The molecule has 0 spiro atoms. The Bertz CT molecular complexity index is 443. The Morgan fingerprint density at radius 3 is 2.33 bits per heavy atom. The van der Waals surface area contributed by atoms with Gasteiger partial charge in [-0.2, -0.15) is 0 Å². The first-order valence-corrected chi connectivity index (χ1v) is 8.10. The molecule has 0 saturated heterocycles. The van der Waals surface area contributed by atoms with Gasteiger partial charge in [0.15, 0.2) is 0 Å². The second-order valence-corrected chi connectivity index (χ2v) is 5.81. The van der Waals surface area contributed by atoms with Crippen molar-refractivity contribution in [2.24, 2.45) is 11.7 Å². The van der Waals surface area contributed by atoms with Crippen molar-refractivity contribution in [1.29, 1.82) is 0 Å². The van der Waals surface area contributed by atoms with Crippen LogP contribution in [0.15, 0.2) is 30.3 Å². The van der Waals surface area contributed by atoms with Crippen LogP contribution in [0.5, 0.6) is 0 Å². The molecule has 4 heteroatoms. The standard InChI is InChI=1S/C17H26N2OS/c1-3-15(4-2)17(20)19(13-11-16(18)21)12-10-14-8-6-5-7-9-14/h5-9,15H,3-4,10-13H2,1-2H3,(H2,18,21). The van der Waals surface area contributed by atoms with E-state index in [1.165, 1.54) is 5.56 Å². The van der Waals surface area contributed by atoms with Gasteiger partial charge < -0.3 is 10.6 Å². The number of hydrogen-bond donors (Lipinski definition) is 1. The lowest BCUT2D eigenvalue weighted by molar-refractivity contribution is -0.135. The van der Waals surface area contributed by atoms with Gasteiger partial charge in [-0.05, 0) is 24.8 Å². The lowest BCUT2D eigenvalue weighted by Crippen LogP contribution is -2.39. The Morgan fingerprint density at radius 1 is 1.19 bits per heavy atom. The third kappa shape index (κ3) is 6.25. The number of hydrogen-bond acceptors (Lipinski definition) is 2. The van der Waals surface area contributed by atoms with Crippen LogP contribution in [0, 0.1) is 5.92 Å². The number of benzene rings is 1. The van der Waals surface area contributed by atoms with E-state index < -0.39 is 0 Å². The Morgan fingerprint density at radius 2 is 1.81 bits per heavy atom. The lowest BCUT2D eigenvalue weighted by Gasteiger charge is -2.26. The molecule has 0 fully saturated rings. The van der Waals surface area contributed by atoms with Crippen LogP contribution in [0.4, 0.5) is 0 Å². The number of rotatable bonds is 9. The van der Waals surface area contributed by atoms with Crippen LogP contribution < -0.4 is 5.73 Å². The number of thiocarbonyl (C=S) groups is 1. The fourth-order valence-electron chi connectivity index (χ4n) is 2.38. The molecule has 1 amide bonds. The maximum absolute atomic E-state index is 12.6. The number of carbonyl (C=O) groups excluding carboxylic acids is 1. The molecule has 0 aromatic heterocycles. The predicted molar refractivity (Wildman–Crippen MR) is 92.2 cm³/mol. The molecule has 3 nitrogen and oxygen atoms in total. The summed E-state index contributed by atoms with van der Waals surface area (Å²) in [5.74, 6) is 0.333. The molecule has 21 heavy (non-hydrogen) atoms. The summed E-state index contributed by atoms with van der Waals surface area (Å²) in [5.41, 5.74) is 6.83. The zero-order valence-corrected chi connectivity index (χ0v) is 13.9. The largest absolute Gasteiger partial charge is 0.393 e. The molecule has 116 valence electrons. The van der Waals surface area contributed by atoms with Gasteiger partial charge >= 0.3 is 0 Å². The van der Waals surface area contributed by atoms with Gasteiger partial charge in [-0.25, -0.2) is 0 Å². The maximum atomic E-state index is 12.6. The highest BCUT2D eigenvalue weighted by molar-refractivity contribution is 7.80. The lowest BCUT2D eigenvalue weighted by atomic mass is 10.0. The van der Waals surface area contributed by atoms with E-state index >= 15 is 0 Å². The molecule has 0 aliphatic heterocycles. The number of amides is 1. The van der Waals surface area contributed by atoms with E-state index in [4.69, 9.17) is 18.0 Å². The number of nitrogens with zero attached hydrogens (tertiary/aromatic N) is 1. The molecule has 0 aliphatic carbocycles. The Hall–Kier alpha value is -1.42. The van der Waals surface area contributed by atoms with Crippen LogP contribution in [0.3, 0.4) is 0 Å². The Kier molecular flexibility index (Phi) is 7.98. The van der Waals surface area contributed by atoms with Crippen LogP contribution in [0.1, 0.15) is 38.7 Å². The van der Waals surface area contributed by atoms with Crippen molar-refractivity contribution < 1.29 is 4.79 Å². The fourth-order valence-corrected chi connectivity index (χ4v) is 2.47. The first kappa shape index (κ1) is 17.6. The van der Waals surface area contributed by atoms with Gasteiger partial charge in [0.2, 0.25) is 5.91 Å². The summed E-state index contributed by atoms with van der Waals surface area (Å²) in [6.07, 6.45) is 3.22. The van der Waals surface area contributed by atoms with Gasteiger partial charge in [-0.3, -0.25) is 4.79 Å². The monoisotopic (exact) mass is 306 g/mol. The summed E-state index contributed by atoms with van der Waals surface area (Å²) in [4.78, 5) is 15.0. The summed E-state index contributed by atoms with van der Waals surface area (Å²) < 4.78 is 0. The van der Waals surface area contributed by atoms with Crippen LogP contribution in [-0.4, -0.2) is 28.9 Å². The summed E-state index contributed by atoms with van der Waals surface area (Å²) >= 11 is 4.94. The third-order valence-corrected chi connectivity index (χ3v) is 3.99. The van der Waals surface area contributed by atoms with Crippen LogP contribution in [0.25, 0.3) is 0 Å². The molecule has 2 N–H and O–H groups in total. The second-order valence-electron chi connectivity index (χ2n) is 5.29. The molecular weight excluding hydrogens is 280 g/mol. The van der Waals surface area contributed by atoms with E-state index in [0.29, 0.717) is 18.0 Å². The normalized spacial score (nSPS) is 10.6. The predicted octanol–water partition coefficient (Wildman–Crippen LogP) is 3.17. The van der Waals surface area contributed by atoms with Crippen molar-refractivity contribution in [2.45, 2.75) is 39.5 Å². The van der Waals surface area contributed by atoms with Gasteiger partial charge in [-0.15, -0.1) is 0 Å². The second kappa shape index (κ2) is 9.50. The summed E-state index contributed by atoms with van der Waals surface area (Å²) in [5, 5.41) is 0. The highest BCUT2D eigenvalue weighted by Crippen LogP contribution is 2.13. The quantitative estimate of drug-likeness (QED) is 0.713. The topological polar surface area (TPSA) is 46.3 Å². The molecule has 1 rings (SSSR count). The highest BCUT2D eigenvalue weighted by atomic mass is 32.1. The summed E-state index contributed by atoms with van der Waals surface area (Å²) in [7, 11) is 0. The minimum atomic E-state index is 0.104. The molecule has 0 radical (unpaired) electrons. The number of carbonyl (C=O) groups is 1. The van der Waals surface area contributed by atoms with Crippen molar-refractivity contribution in [3.8, 4) is 0 Å². The smallest absolute Gasteiger partial charge is 0.225 e. The van der Waals surface area contributed by atoms with Crippen LogP contribution >= 0.6 is 12.2 Å². The Balaban J connectivity index is 2.67. The summed E-state index contributed by atoms with van der Waals surface area (Å²) in [6, 6.07) is 10.2. The third-order valence-electron chi connectivity index (χ3n) is 3.79. The van der Waals surface area contributed by atoms with E-state index in [2.05, 4.69) is 26.0 Å². The van der Waals surface area contributed by atoms with Gasteiger partial charge in [-0.1, -0.05) is 56.4 Å². The maximum Gasteiger partial charge on any atom is 0.225 e. The Labute approximate surface area is 133 Å². The zero-order valence-electron chi connectivity index (χ0n) is 13.0. The molecule has 1 aromatic carbocycles. The van der Waals surface area contributed by atoms with Gasteiger partial charge in [0.25, 0.3) is 0 Å². The van der Waals surface area contributed by atoms with E-state index in [0.717, 1.165) is 25.8 Å². The highest BCUT2D eigenvalue weighted by Gasteiger charge is 2.21. The molecular formula is C17H26N2OS. The van der Waals surface area contributed by atoms with Gasteiger partial charge in [0, 0.05) is 25.4 Å². The zero-order chi connectivity index (χ0) is 15.7. The number of nitrogens with two attached hydrogens (primary N) is 1. The van der Waals surface area contributed by atoms with Crippen molar-refractivity contribution in [3.63, 3.8) is 0 Å². The first-order valence-electron chi connectivity index (χ1n) is 7.69. The molecule has 0 aliphatic rings. The molecule has 1 aromatic rings. The average molecular weight is 306 g/mol. The molecule has 0 bridgehead atoms. The van der Waals surface area contributed by atoms with Crippen molar-refractivity contribution in [2.75, 3.05) is 13.1 Å². The minimum Gasteiger partial charge on any atom is -0.393 e. The molecule has 0 atom stereocenters. The molecule has 0 heterocycles. The van der Waals surface area contributed by atoms with Crippen LogP contribution in [-0.2, 0) is 11.2 Å². The van der Waals surface area contributed by atoms with Crippen LogP contribution in [0.2, 0.25) is 0 Å². The molecule has 0 unspecified atom stereocenters. The van der Waals surface area contributed by atoms with Gasteiger partial charge in [0.05, 0.1) is 4.99 Å². The van der Waals surface area contributed by atoms with E-state index in [1.54, 1.807) is 0 Å². The van der Waals surface area contributed by atoms with E-state index in [1.807, 2.05) is 23.1 Å². The summed E-state index contributed by atoms with van der Waals surface area (Å²) in [6.45, 7) is 5.48. The van der Waals surface area contributed by atoms with Crippen molar-refractivity contribution in [1.82, 2.24) is 4.90 Å². The van der Waals surface area contributed by atoms with E-state index in [9.17, 15) is 4.79 Å². The first-order chi connectivity index (χ1) is 10.1. The molecule has 0 saturated carbocycles. The average Bonchev–Trinajstić information content (AvgIpc) is 2.49. The minimum absolute atomic E-state index is 0.104.